The van der Waals surface area contributed by atoms with Gasteiger partial charge in [-0.2, -0.15) is 0 Å². The molecule has 19 heavy (non-hydrogen) atoms. The molecule has 4 N–H and O–H groups in total. The fraction of sp³-hybridized carbons (Fsp3) is 0.385. The van der Waals surface area contributed by atoms with E-state index in [1.165, 1.54) is 7.11 Å². The Bertz CT molecular complexity index is 502. The second kappa shape index (κ2) is 5.60. The van der Waals surface area contributed by atoms with E-state index in [9.17, 15) is 9.59 Å². The van der Waals surface area contributed by atoms with Crippen molar-refractivity contribution in [3.63, 3.8) is 0 Å². The molecule has 0 radical (unpaired) electrons. The zero-order valence-corrected chi connectivity index (χ0v) is 10.7. The summed E-state index contributed by atoms with van der Waals surface area (Å²) in [7, 11) is 1.32. The van der Waals surface area contributed by atoms with E-state index in [2.05, 4.69) is 15.4 Å². The van der Waals surface area contributed by atoms with Gasteiger partial charge in [0.1, 0.15) is 0 Å². The Hall–Kier alpha value is -2.24. The van der Waals surface area contributed by atoms with Gasteiger partial charge in [0.2, 0.25) is 5.91 Å². The maximum atomic E-state index is 11.5. The molecule has 1 amide bonds. The van der Waals surface area contributed by atoms with Crippen LogP contribution >= 0.6 is 0 Å². The molecule has 2 rings (SSSR count). The third-order valence-electron chi connectivity index (χ3n) is 3.14. The van der Waals surface area contributed by atoms with Gasteiger partial charge in [-0.25, -0.2) is 4.79 Å². The van der Waals surface area contributed by atoms with E-state index >= 15 is 0 Å². The zero-order valence-electron chi connectivity index (χ0n) is 10.7. The smallest absolute Gasteiger partial charge is 0.340 e. The molecule has 1 heterocycles. The average molecular weight is 263 g/mol. The van der Waals surface area contributed by atoms with Crippen LogP contribution in [0.2, 0.25) is 0 Å². The van der Waals surface area contributed by atoms with E-state index in [1.54, 1.807) is 18.2 Å². The Balaban J connectivity index is 2.04. The minimum atomic E-state index is -0.463. The highest BCUT2D eigenvalue weighted by Gasteiger charge is 2.20. The minimum Gasteiger partial charge on any atom is -0.465 e. The molecule has 1 unspecified atom stereocenters. The molecule has 0 aromatic heterocycles. The van der Waals surface area contributed by atoms with Crippen LogP contribution in [0.1, 0.15) is 23.2 Å². The normalized spacial score (nSPS) is 17.9. The Morgan fingerprint density at radius 1 is 1.58 bits per heavy atom. The number of hydrogen-bond donors (Lipinski definition) is 3. The van der Waals surface area contributed by atoms with E-state index in [-0.39, 0.29) is 11.9 Å². The first kappa shape index (κ1) is 13.2. The highest BCUT2D eigenvalue weighted by molar-refractivity contribution is 5.98. The van der Waals surface area contributed by atoms with E-state index in [1.807, 2.05) is 0 Å². The maximum absolute atomic E-state index is 11.5. The van der Waals surface area contributed by atoms with Gasteiger partial charge in [-0.1, -0.05) is 6.07 Å². The van der Waals surface area contributed by atoms with Crippen molar-refractivity contribution < 1.29 is 14.3 Å². The van der Waals surface area contributed by atoms with Gasteiger partial charge in [-0.3, -0.25) is 4.79 Å². The number of methoxy groups -OCH3 is 1. The number of hydrogen-bond acceptors (Lipinski definition) is 5. The number of para-hydroxylation sites is 1. The number of nitrogens with one attached hydrogen (secondary N) is 2. The predicted molar refractivity (Wildman–Crippen MR) is 71.8 cm³/mol. The Kier molecular flexibility index (Phi) is 3.89. The maximum Gasteiger partial charge on any atom is 0.340 e. The molecule has 102 valence electrons. The molecular weight excluding hydrogens is 246 g/mol. The van der Waals surface area contributed by atoms with E-state index in [0.717, 1.165) is 6.42 Å². The molecule has 1 aliphatic rings. The van der Waals surface area contributed by atoms with Crippen LogP contribution in [-0.4, -0.2) is 31.6 Å². The second-order valence-electron chi connectivity index (χ2n) is 4.44. The van der Waals surface area contributed by atoms with Crippen LogP contribution < -0.4 is 16.4 Å². The predicted octanol–water partition coefficient (Wildman–Crippen LogP) is 0.746. The lowest BCUT2D eigenvalue weighted by Crippen LogP contribution is -2.32. The van der Waals surface area contributed by atoms with Gasteiger partial charge in [0, 0.05) is 19.0 Å². The zero-order chi connectivity index (χ0) is 13.8. The van der Waals surface area contributed by atoms with Crippen LogP contribution in [0.3, 0.4) is 0 Å². The number of ether oxygens (including phenoxy) is 1. The SMILES string of the molecule is COC(=O)c1cccc(NCC2CCC(=O)N2)c1N. The number of esters is 1. The van der Waals surface area contributed by atoms with Crippen LogP contribution in [0.5, 0.6) is 0 Å². The van der Waals surface area contributed by atoms with Crippen molar-refractivity contribution in [1.82, 2.24) is 5.32 Å². The molecule has 0 aliphatic carbocycles. The molecule has 0 spiro atoms. The van der Waals surface area contributed by atoms with E-state index in [4.69, 9.17) is 5.73 Å². The lowest BCUT2D eigenvalue weighted by atomic mass is 10.1. The average Bonchev–Trinajstić information content (AvgIpc) is 2.82. The number of anilines is 2. The molecule has 6 heteroatoms. The summed E-state index contributed by atoms with van der Waals surface area (Å²) in [5.41, 5.74) is 7.29. The van der Waals surface area contributed by atoms with Crippen molar-refractivity contribution in [3.8, 4) is 0 Å². The number of carbonyl (C=O) groups is 2. The number of carbonyl (C=O) groups excluding carboxylic acids is 2. The summed E-state index contributed by atoms with van der Waals surface area (Å²) in [5.74, 6) is -0.390. The monoisotopic (exact) mass is 263 g/mol. The van der Waals surface area contributed by atoms with Gasteiger partial charge in [-0.05, 0) is 18.6 Å². The molecule has 1 aliphatic heterocycles. The molecule has 1 aromatic carbocycles. The first-order valence-electron chi connectivity index (χ1n) is 6.12. The Morgan fingerprint density at radius 2 is 2.37 bits per heavy atom. The van der Waals surface area contributed by atoms with Gasteiger partial charge in [0.15, 0.2) is 0 Å². The summed E-state index contributed by atoms with van der Waals surface area (Å²) in [5, 5.41) is 6.01. The molecule has 1 atom stereocenters. The number of rotatable bonds is 4. The van der Waals surface area contributed by atoms with Crippen LogP contribution in [0.25, 0.3) is 0 Å². The van der Waals surface area contributed by atoms with Gasteiger partial charge >= 0.3 is 5.97 Å². The van der Waals surface area contributed by atoms with Crippen molar-refractivity contribution >= 4 is 23.3 Å². The van der Waals surface area contributed by atoms with Crippen molar-refractivity contribution in [2.45, 2.75) is 18.9 Å². The summed E-state index contributed by atoms with van der Waals surface area (Å²) in [6.07, 6.45) is 1.37. The van der Waals surface area contributed by atoms with Crippen LogP contribution in [0, 0.1) is 0 Å². The first-order valence-corrected chi connectivity index (χ1v) is 6.12. The quantitative estimate of drug-likeness (QED) is 0.550. The minimum absolute atomic E-state index is 0.0723. The van der Waals surface area contributed by atoms with Crippen LogP contribution in [0.4, 0.5) is 11.4 Å². The molecule has 1 fully saturated rings. The second-order valence-corrected chi connectivity index (χ2v) is 4.44. The molecule has 1 saturated heterocycles. The molecule has 0 bridgehead atoms. The standard InChI is InChI=1S/C13H17N3O3/c1-19-13(18)9-3-2-4-10(12(9)14)15-7-8-5-6-11(17)16-8/h2-4,8,15H,5-7,14H2,1H3,(H,16,17). The lowest BCUT2D eigenvalue weighted by Gasteiger charge is -2.15. The summed E-state index contributed by atoms with van der Waals surface area (Å²) in [6.45, 7) is 0.584. The third kappa shape index (κ3) is 2.96. The lowest BCUT2D eigenvalue weighted by molar-refractivity contribution is -0.119. The Morgan fingerprint density at radius 3 is 3.00 bits per heavy atom. The fourth-order valence-corrected chi connectivity index (χ4v) is 2.07. The molecule has 6 nitrogen and oxygen atoms in total. The van der Waals surface area contributed by atoms with Gasteiger partial charge < -0.3 is 21.1 Å². The van der Waals surface area contributed by atoms with E-state index in [0.29, 0.717) is 29.9 Å². The first-order chi connectivity index (χ1) is 9.11. The largest absolute Gasteiger partial charge is 0.465 e. The molecular formula is C13H17N3O3. The van der Waals surface area contributed by atoms with Crippen molar-refractivity contribution in [1.29, 1.82) is 0 Å². The summed E-state index contributed by atoms with van der Waals surface area (Å²) >= 11 is 0. The van der Waals surface area contributed by atoms with Crippen LogP contribution in [-0.2, 0) is 9.53 Å². The topological polar surface area (TPSA) is 93.4 Å². The number of nitrogen functional groups attached to an aromatic ring is 1. The van der Waals surface area contributed by atoms with Gasteiger partial charge in [-0.15, -0.1) is 0 Å². The van der Waals surface area contributed by atoms with Crippen molar-refractivity contribution in [2.24, 2.45) is 0 Å². The highest BCUT2D eigenvalue weighted by Crippen LogP contribution is 2.23. The van der Waals surface area contributed by atoms with Gasteiger partial charge in [0.25, 0.3) is 0 Å². The summed E-state index contributed by atoms with van der Waals surface area (Å²) < 4.78 is 4.66. The van der Waals surface area contributed by atoms with E-state index < -0.39 is 5.97 Å². The third-order valence-corrected chi connectivity index (χ3v) is 3.14. The molecule has 0 saturated carbocycles. The Labute approximate surface area is 111 Å². The summed E-state index contributed by atoms with van der Waals surface area (Å²) in [4.78, 5) is 22.6. The fourth-order valence-electron chi connectivity index (χ4n) is 2.07. The highest BCUT2D eigenvalue weighted by atomic mass is 16.5. The summed E-state index contributed by atoms with van der Waals surface area (Å²) in [6, 6.07) is 5.24. The van der Waals surface area contributed by atoms with Crippen LogP contribution in [0.15, 0.2) is 18.2 Å². The number of amides is 1. The van der Waals surface area contributed by atoms with Crippen molar-refractivity contribution in [2.75, 3.05) is 24.7 Å². The number of nitrogens with two attached hydrogens (primary N) is 1. The molecule has 1 aromatic rings. The van der Waals surface area contributed by atoms with Crippen molar-refractivity contribution in [3.05, 3.63) is 23.8 Å². The van der Waals surface area contributed by atoms with Gasteiger partial charge in [0.05, 0.1) is 24.0 Å². The number of benzene rings is 1.